The molecule has 0 radical (unpaired) electrons. The Kier molecular flexibility index (Phi) is 7.18. The van der Waals surface area contributed by atoms with E-state index in [0.717, 1.165) is 50.1 Å². The van der Waals surface area contributed by atoms with Gasteiger partial charge in [0.25, 0.3) is 0 Å². The molecule has 10 aromatic rings. The number of anilines is 3. The summed E-state index contributed by atoms with van der Waals surface area (Å²) in [4.78, 5) is 2.35. The molecule has 0 unspecified atom stereocenters. The SMILES string of the molecule is c1ccc(-c2ccc3ccc(-c4ccc(N(c5ccccc5)c5ccc(-c6ccc7ccccc7c6)c6oc7ccccc7c56)cc4)cc3c2)cc1. The van der Waals surface area contributed by atoms with Crippen LogP contribution in [0.25, 0.3) is 76.9 Å². The average molecular weight is 664 g/mol. The van der Waals surface area contributed by atoms with Crippen LogP contribution in [-0.2, 0) is 0 Å². The number of hydrogen-bond acceptors (Lipinski definition) is 2. The Labute approximate surface area is 302 Å². The van der Waals surface area contributed by atoms with Crippen molar-refractivity contribution in [1.29, 1.82) is 0 Å². The number of para-hydroxylation sites is 2. The van der Waals surface area contributed by atoms with E-state index in [2.05, 4.69) is 199 Å². The summed E-state index contributed by atoms with van der Waals surface area (Å²) in [6.45, 7) is 0. The van der Waals surface area contributed by atoms with Crippen LogP contribution < -0.4 is 4.90 Å². The third-order valence-electron chi connectivity index (χ3n) is 10.2. The molecular formula is C50H33NO. The van der Waals surface area contributed by atoms with Crippen molar-refractivity contribution in [2.75, 3.05) is 4.90 Å². The third-order valence-corrected chi connectivity index (χ3v) is 10.2. The standard InChI is InChI=1S/C50H33NO/c1-3-11-34(12-4-1)39-22-19-37-20-23-40(33-42(37)32-39)36-25-27-44(28-26-36)51(43-15-5-2-6-16-43)47-30-29-45(41-24-21-35-13-7-8-14-38(35)31-41)50-49(47)46-17-9-10-18-48(46)52-50/h1-33H. The fourth-order valence-corrected chi connectivity index (χ4v) is 7.62. The minimum atomic E-state index is 0.877. The summed E-state index contributed by atoms with van der Waals surface area (Å²) in [6, 6.07) is 71.6. The van der Waals surface area contributed by atoms with Gasteiger partial charge in [-0.1, -0.05) is 140 Å². The molecule has 244 valence electrons. The van der Waals surface area contributed by atoms with E-state index in [1.54, 1.807) is 0 Å². The van der Waals surface area contributed by atoms with Gasteiger partial charge in [-0.15, -0.1) is 0 Å². The summed E-state index contributed by atoms with van der Waals surface area (Å²) in [5.41, 5.74) is 12.0. The highest BCUT2D eigenvalue weighted by molar-refractivity contribution is 6.17. The molecular weight excluding hydrogens is 631 g/mol. The maximum Gasteiger partial charge on any atom is 0.145 e. The van der Waals surface area contributed by atoms with Crippen LogP contribution in [0.15, 0.2) is 205 Å². The Morgan fingerprint density at radius 3 is 1.63 bits per heavy atom. The van der Waals surface area contributed by atoms with Crippen LogP contribution in [0.4, 0.5) is 17.1 Å². The molecule has 0 saturated heterocycles. The van der Waals surface area contributed by atoms with Gasteiger partial charge in [0.1, 0.15) is 11.2 Å². The topological polar surface area (TPSA) is 16.4 Å². The Hall–Kier alpha value is -6.90. The molecule has 0 aliphatic heterocycles. The molecule has 9 aromatic carbocycles. The van der Waals surface area contributed by atoms with E-state index >= 15 is 0 Å². The maximum absolute atomic E-state index is 6.73. The van der Waals surface area contributed by atoms with Gasteiger partial charge in [0.2, 0.25) is 0 Å². The first kappa shape index (κ1) is 30.0. The zero-order valence-corrected chi connectivity index (χ0v) is 28.4. The second kappa shape index (κ2) is 12.5. The van der Waals surface area contributed by atoms with Crippen molar-refractivity contribution in [3.05, 3.63) is 200 Å². The van der Waals surface area contributed by atoms with Gasteiger partial charge >= 0.3 is 0 Å². The van der Waals surface area contributed by atoms with Gasteiger partial charge < -0.3 is 9.32 Å². The summed E-state index contributed by atoms with van der Waals surface area (Å²) in [7, 11) is 0. The van der Waals surface area contributed by atoms with E-state index < -0.39 is 0 Å². The van der Waals surface area contributed by atoms with Crippen molar-refractivity contribution >= 4 is 60.5 Å². The maximum atomic E-state index is 6.73. The van der Waals surface area contributed by atoms with Crippen molar-refractivity contribution < 1.29 is 4.42 Å². The molecule has 0 fully saturated rings. The minimum Gasteiger partial charge on any atom is -0.455 e. The molecule has 2 nitrogen and oxygen atoms in total. The minimum absolute atomic E-state index is 0.877. The summed E-state index contributed by atoms with van der Waals surface area (Å²) in [5.74, 6) is 0. The van der Waals surface area contributed by atoms with Crippen molar-refractivity contribution in [2.45, 2.75) is 0 Å². The van der Waals surface area contributed by atoms with Crippen LogP contribution >= 0.6 is 0 Å². The Morgan fingerprint density at radius 2 is 0.885 bits per heavy atom. The average Bonchev–Trinajstić information content (AvgIpc) is 3.61. The zero-order chi connectivity index (χ0) is 34.4. The molecule has 1 aromatic heterocycles. The van der Waals surface area contributed by atoms with E-state index in [1.165, 1.54) is 43.8 Å². The molecule has 2 heteroatoms. The number of furan rings is 1. The predicted molar refractivity (Wildman–Crippen MR) is 220 cm³/mol. The molecule has 10 rings (SSSR count). The number of hydrogen-bond donors (Lipinski definition) is 0. The van der Waals surface area contributed by atoms with E-state index in [9.17, 15) is 0 Å². The largest absolute Gasteiger partial charge is 0.455 e. The molecule has 1 heterocycles. The summed E-state index contributed by atoms with van der Waals surface area (Å²) < 4.78 is 6.73. The van der Waals surface area contributed by atoms with Gasteiger partial charge in [0.05, 0.1) is 11.1 Å². The number of nitrogens with zero attached hydrogens (tertiary/aromatic N) is 1. The smallest absolute Gasteiger partial charge is 0.145 e. The van der Waals surface area contributed by atoms with Crippen LogP contribution in [0.1, 0.15) is 0 Å². The van der Waals surface area contributed by atoms with Crippen LogP contribution in [0.2, 0.25) is 0 Å². The molecule has 0 saturated carbocycles. The lowest BCUT2D eigenvalue weighted by Gasteiger charge is -2.27. The quantitative estimate of drug-likeness (QED) is 0.176. The molecule has 0 aliphatic rings. The van der Waals surface area contributed by atoms with Crippen molar-refractivity contribution in [2.24, 2.45) is 0 Å². The second-order valence-electron chi connectivity index (χ2n) is 13.4. The normalized spacial score (nSPS) is 11.5. The number of fused-ring (bicyclic) bond motifs is 5. The Morgan fingerprint density at radius 1 is 0.346 bits per heavy atom. The lowest BCUT2D eigenvalue weighted by atomic mass is 9.97. The van der Waals surface area contributed by atoms with Gasteiger partial charge in [-0.3, -0.25) is 0 Å². The molecule has 0 amide bonds. The molecule has 52 heavy (non-hydrogen) atoms. The third kappa shape index (κ3) is 5.21. The van der Waals surface area contributed by atoms with Crippen molar-refractivity contribution in [3.63, 3.8) is 0 Å². The van der Waals surface area contributed by atoms with Crippen LogP contribution in [0, 0.1) is 0 Å². The van der Waals surface area contributed by atoms with E-state index in [-0.39, 0.29) is 0 Å². The summed E-state index contributed by atoms with van der Waals surface area (Å²) in [5, 5.41) is 7.09. The van der Waals surface area contributed by atoms with Gasteiger partial charge in [-0.25, -0.2) is 0 Å². The van der Waals surface area contributed by atoms with Gasteiger partial charge in [0, 0.05) is 22.3 Å². The summed E-state index contributed by atoms with van der Waals surface area (Å²) >= 11 is 0. The van der Waals surface area contributed by atoms with Crippen molar-refractivity contribution in [1.82, 2.24) is 0 Å². The highest BCUT2D eigenvalue weighted by Gasteiger charge is 2.22. The Bertz CT molecular complexity index is 2890. The predicted octanol–water partition coefficient (Wildman–Crippen LogP) is 14.4. The second-order valence-corrected chi connectivity index (χ2v) is 13.4. The molecule has 0 spiro atoms. The highest BCUT2D eigenvalue weighted by atomic mass is 16.3. The van der Waals surface area contributed by atoms with Gasteiger partial charge in [-0.2, -0.15) is 0 Å². The van der Waals surface area contributed by atoms with Crippen LogP contribution in [0.3, 0.4) is 0 Å². The fraction of sp³-hybridized carbons (Fsp3) is 0. The number of rotatable bonds is 6. The van der Waals surface area contributed by atoms with E-state index in [1.807, 2.05) is 6.07 Å². The van der Waals surface area contributed by atoms with Gasteiger partial charge in [-0.05, 0) is 110 Å². The summed E-state index contributed by atoms with van der Waals surface area (Å²) in [6.07, 6.45) is 0. The van der Waals surface area contributed by atoms with E-state index in [4.69, 9.17) is 4.42 Å². The monoisotopic (exact) mass is 663 g/mol. The highest BCUT2D eigenvalue weighted by Crippen LogP contribution is 2.46. The first-order valence-corrected chi connectivity index (χ1v) is 17.8. The molecule has 0 bridgehead atoms. The van der Waals surface area contributed by atoms with Crippen LogP contribution in [-0.4, -0.2) is 0 Å². The fourth-order valence-electron chi connectivity index (χ4n) is 7.62. The van der Waals surface area contributed by atoms with Gasteiger partial charge in [0.15, 0.2) is 0 Å². The Balaban J connectivity index is 1.10. The molecule has 0 atom stereocenters. The first-order chi connectivity index (χ1) is 25.8. The molecule has 0 N–H and O–H groups in total. The van der Waals surface area contributed by atoms with E-state index in [0.29, 0.717) is 0 Å². The van der Waals surface area contributed by atoms with Crippen molar-refractivity contribution in [3.8, 4) is 33.4 Å². The molecule has 0 aliphatic carbocycles. The first-order valence-electron chi connectivity index (χ1n) is 17.8. The lowest BCUT2D eigenvalue weighted by Crippen LogP contribution is -2.10. The zero-order valence-electron chi connectivity index (χ0n) is 28.4. The number of benzene rings is 9. The lowest BCUT2D eigenvalue weighted by molar-refractivity contribution is 0.670. The van der Waals surface area contributed by atoms with Crippen LogP contribution in [0.5, 0.6) is 0 Å².